The molecule has 6 rings (SSSR count). The van der Waals surface area contributed by atoms with Gasteiger partial charge in [-0.1, -0.05) is 48.0 Å². The van der Waals surface area contributed by atoms with Crippen molar-refractivity contribution in [3.63, 3.8) is 0 Å². The maximum atomic E-state index is 13.8. The molecule has 1 spiro atoms. The highest BCUT2D eigenvalue weighted by atomic mass is 35.5. The lowest BCUT2D eigenvalue weighted by Crippen LogP contribution is -2.51. The van der Waals surface area contributed by atoms with Crippen molar-refractivity contribution in [2.75, 3.05) is 12.0 Å². The molecule has 174 valence electrons. The molecule has 7 nitrogen and oxygen atoms in total. The highest BCUT2D eigenvalue weighted by molar-refractivity contribution is 6.37. The van der Waals surface area contributed by atoms with Crippen molar-refractivity contribution in [2.45, 2.75) is 11.7 Å². The topological polar surface area (TPSA) is 90.0 Å². The van der Waals surface area contributed by atoms with Crippen LogP contribution in [0.1, 0.15) is 32.4 Å². The molecule has 1 aliphatic carbocycles. The molecular formula is C27H18ClNO6. The molecule has 35 heavy (non-hydrogen) atoms. The number of benzene rings is 3. The quantitative estimate of drug-likeness (QED) is 0.409. The molecule has 0 aromatic heterocycles. The van der Waals surface area contributed by atoms with Gasteiger partial charge in [0, 0.05) is 16.1 Å². The van der Waals surface area contributed by atoms with Crippen molar-refractivity contribution in [3.05, 3.63) is 94.5 Å². The van der Waals surface area contributed by atoms with Gasteiger partial charge in [0.05, 0.1) is 30.7 Å². The third-order valence-corrected chi connectivity index (χ3v) is 7.28. The SMILES string of the molecule is COc1cccc([C@H]2OC3(C(=O)c4ccccc4C3=O)[C@H]3C(=O)N(c4ccc(Cl)cc4)C(=O)[C@H]23)c1. The Labute approximate surface area is 205 Å². The van der Waals surface area contributed by atoms with Gasteiger partial charge in [0.1, 0.15) is 5.75 Å². The van der Waals surface area contributed by atoms with Gasteiger partial charge in [-0.3, -0.25) is 19.2 Å². The number of nitrogens with zero attached hydrogens (tertiary/aromatic N) is 1. The van der Waals surface area contributed by atoms with E-state index < -0.39 is 46.9 Å². The smallest absolute Gasteiger partial charge is 0.241 e. The molecule has 3 atom stereocenters. The second kappa shape index (κ2) is 7.60. The largest absolute Gasteiger partial charge is 0.497 e. The predicted octanol–water partition coefficient (Wildman–Crippen LogP) is 4.04. The van der Waals surface area contributed by atoms with Crippen molar-refractivity contribution in [2.24, 2.45) is 11.8 Å². The summed E-state index contributed by atoms with van der Waals surface area (Å²) in [5, 5.41) is 0.443. The number of anilines is 1. The van der Waals surface area contributed by atoms with Crippen LogP contribution in [0.15, 0.2) is 72.8 Å². The summed E-state index contributed by atoms with van der Waals surface area (Å²) in [4.78, 5) is 56.2. The average molecular weight is 488 g/mol. The average Bonchev–Trinajstić information content (AvgIpc) is 3.45. The summed E-state index contributed by atoms with van der Waals surface area (Å²) in [5.41, 5.74) is -0.892. The Bertz CT molecular complexity index is 1400. The van der Waals surface area contributed by atoms with E-state index in [-0.39, 0.29) is 11.1 Å². The van der Waals surface area contributed by atoms with Crippen LogP contribution in [-0.4, -0.2) is 36.1 Å². The number of hydrogen-bond donors (Lipinski definition) is 0. The van der Waals surface area contributed by atoms with Crippen LogP contribution >= 0.6 is 11.6 Å². The van der Waals surface area contributed by atoms with Crippen LogP contribution in [-0.2, 0) is 14.3 Å². The number of ether oxygens (including phenoxy) is 2. The number of methoxy groups -OCH3 is 1. The monoisotopic (exact) mass is 487 g/mol. The lowest BCUT2D eigenvalue weighted by molar-refractivity contribution is -0.127. The molecule has 3 aliphatic rings. The zero-order chi connectivity index (χ0) is 24.5. The van der Waals surface area contributed by atoms with E-state index in [2.05, 4.69) is 0 Å². The summed E-state index contributed by atoms with van der Waals surface area (Å²) in [6.45, 7) is 0. The minimum Gasteiger partial charge on any atom is -0.497 e. The number of carbonyl (C=O) groups excluding carboxylic acids is 4. The standard InChI is InChI=1S/C27H18ClNO6/c1-34-17-6-4-5-14(13-17)22-20-21(26(33)29(25(20)32)16-11-9-15(28)10-12-16)27(35-22)23(30)18-7-2-3-8-19(18)24(27)31/h2-13,20-22H,1H3/t20-,21+,22+/m0/s1. The summed E-state index contributed by atoms with van der Waals surface area (Å²) in [6.07, 6.45) is -1.01. The first-order chi connectivity index (χ1) is 16.9. The van der Waals surface area contributed by atoms with E-state index in [1.54, 1.807) is 72.8 Å². The fourth-order valence-electron chi connectivity index (χ4n) is 5.48. The third-order valence-electron chi connectivity index (χ3n) is 7.03. The minimum absolute atomic E-state index is 0.188. The molecule has 0 bridgehead atoms. The highest BCUT2D eigenvalue weighted by Gasteiger charge is 2.74. The zero-order valence-electron chi connectivity index (χ0n) is 18.4. The number of halogens is 1. The predicted molar refractivity (Wildman–Crippen MR) is 126 cm³/mol. The van der Waals surface area contributed by atoms with Crippen LogP contribution in [0.2, 0.25) is 5.02 Å². The van der Waals surface area contributed by atoms with E-state index in [4.69, 9.17) is 21.1 Å². The van der Waals surface area contributed by atoms with Crippen molar-refractivity contribution < 1.29 is 28.7 Å². The Morgan fingerprint density at radius 2 is 1.51 bits per heavy atom. The molecule has 2 saturated heterocycles. The second-order valence-corrected chi connectivity index (χ2v) is 9.18. The summed E-state index contributed by atoms with van der Waals surface area (Å²) >= 11 is 6.00. The maximum Gasteiger partial charge on any atom is 0.241 e. The number of imide groups is 1. The number of carbonyl (C=O) groups is 4. The van der Waals surface area contributed by atoms with Crippen molar-refractivity contribution in [1.29, 1.82) is 0 Å². The molecule has 2 aliphatic heterocycles. The first-order valence-corrected chi connectivity index (χ1v) is 11.4. The summed E-state index contributed by atoms with van der Waals surface area (Å²) in [6, 6.07) is 19.5. The van der Waals surface area contributed by atoms with E-state index in [0.717, 1.165) is 4.90 Å². The van der Waals surface area contributed by atoms with E-state index in [1.807, 2.05) is 0 Å². The molecule has 2 fully saturated rings. The molecule has 2 amide bonds. The lowest BCUT2D eigenvalue weighted by Gasteiger charge is -2.27. The van der Waals surface area contributed by atoms with Gasteiger partial charge in [-0.15, -0.1) is 0 Å². The summed E-state index contributed by atoms with van der Waals surface area (Å²) in [5.74, 6) is -4.26. The van der Waals surface area contributed by atoms with Gasteiger partial charge in [0.25, 0.3) is 0 Å². The molecule has 3 aromatic rings. The maximum absolute atomic E-state index is 13.8. The van der Waals surface area contributed by atoms with Gasteiger partial charge in [-0.05, 0) is 42.0 Å². The first-order valence-electron chi connectivity index (χ1n) is 11.0. The van der Waals surface area contributed by atoms with Crippen molar-refractivity contribution in [1.82, 2.24) is 0 Å². The molecule has 0 saturated carbocycles. The number of ketones is 2. The van der Waals surface area contributed by atoms with Crippen LogP contribution in [0.25, 0.3) is 0 Å². The van der Waals surface area contributed by atoms with Crippen molar-refractivity contribution >= 4 is 40.7 Å². The molecule has 0 N–H and O–H groups in total. The molecule has 0 unspecified atom stereocenters. The van der Waals surface area contributed by atoms with Crippen LogP contribution < -0.4 is 9.64 Å². The van der Waals surface area contributed by atoms with E-state index >= 15 is 0 Å². The van der Waals surface area contributed by atoms with E-state index in [0.29, 0.717) is 22.0 Å². The number of Topliss-reactive ketones (excluding diaryl/α,β-unsaturated/α-hetero) is 2. The van der Waals surface area contributed by atoms with Crippen LogP contribution in [0.4, 0.5) is 5.69 Å². The van der Waals surface area contributed by atoms with Gasteiger partial charge < -0.3 is 9.47 Å². The van der Waals surface area contributed by atoms with Crippen LogP contribution in [0.5, 0.6) is 5.75 Å². The normalized spacial score (nSPS) is 24.3. The van der Waals surface area contributed by atoms with Crippen LogP contribution in [0.3, 0.4) is 0 Å². The Kier molecular flexibility index (Phi) is 4.71. The van der Waals surface area contributed by atoms with Crippen molar-refractivity contribution in [3.8, 4) is 5.75 Å². The molecule has 0 radical (unpaired) electrons. The summed E-state index contributed by atoms with van der Waals surface area (Å²) in [7, 11) is 1.51. The van der Waals surface area contributed by atoms with E-state index in [9.17, 15) is 19.2 Å². The van der Waals surface area contributed by atoms with Gasteiger partial charge in [0.15, 0.2) is 0 Å². The Balaban J connectivity index is 1.54. The fourth-order valence-corrected chi connectivity index (χ4v) is 5.61. The fraction of sp³-hybridized carbons (Fsp3) is 0.185. The Morgan fingerprint density at radius 1 is 0.857 bits per heavy atom. The number of amides is 2. The van der Waals surface area contributed by atoms with Crippen LogP contribution in [0, 0.1) is 11.8 Å². The number of rotatable bonds is 3. The zero-order valence-corrected chi connectivity index (χ0v) is 19.2. The number of fused-ring (bicyclic) bond motifs is 3. The molecule has 3 aromatic carbocycles. The summed E-state index contributed by atoms with van der Waals surface area (Å²) < 4.78 is 11.6. The number of hydrogen-bond acceptors (Lipinski definition) is 6. The Morgan fingerprint density at radius 3 is 2.14 bits per heavy atom. The first kappa shape index (κ1) is 21.7. The highest BCUT2D eigenvalue weighted by Crippen LogP contribution is 2.57. The molecular weight excluding hydrogens is 470 g/mol. The van der Waals surface area contributed by atoms with Gasteiger partial charge >= 0.3 is 0 Å². The second-order valence-electron chi connectivity index (χ2n) is 8.75. The van der Waals surface area contributed by atoms with Gasteiger partial charge in [-0.25, -0.2) is 4.90 Å². The molecule has 8 heteroatoms. The third kappa shape index (κ3) is 2.82. The van der Waals surface area contributed by atoms with E-state index in [1.165, 1.54) is 7.11 Å². The molecule has 2 heterocycles. The van der Waals surface area contributed by atoms with Gasteiger partial charge in [0.2, 0.25) is 29.0 Å². The Hall–Kier alpha value is -3.81. The van der Waals surface area contributed by atoms with Gasteiger partial charge in [-0.2, -0.15) is 0 Å². The minimum atomic E-state index is -2.12. The lowest BCUT2D eigenvalue weighted by atomic mass is 9.77.